The number of rotatable bonds is 15. The standard InChI is InChI=1S/C33H38N8O4/c1-2-3-20-45-32-38-29(34)28-30(39-32)41(33(44)37-28)18-9-17-40(31(43)25-12-7-8-13-27(25)42)19-14-24(26-22-35-15-16-36-26)21-23-10-5-4-6-11-23/h4-8,10-13,15-16,22,24,42H,2-3,9,14,17-21H2,1H3,(H,37,44)(H2,34,38,39). The number of nitrogens with two attached hydrogens (primary N) is 1. The quantitative estimate of drug-likeness (QED) is 0.146. The van der Waals surface area contributed by atoms with Gasteiger partial charge < -0.3 is 25.5 Å². The maximum absolute atomic E-state index is 13.8. The van der Waals surface area contributed by atoms with Crippen molar-refractivity contribution < 1.29 is 14.6 Å². The van der Waals surface area contributed by atoms with Crippen LogP contribution in [-0.4, -0.2) is 65.1 Å². The van der Waals surface area contributed by atoms with Gasteiger partial charge in [0.15, 0.2) is 11.5 Å². The van der Waals surface area contributed by atoms with Crippen LogP contribution < -0.4 is 16.2 Å². The molecule has 1 atom stereocenters. The lowest BCUT2D eigenvalue weighted by molar-refractivity contribution is 0.0743. The summed E-state index contributed by atoms with van der Waals surface area (Å²) in [5.74, 6) is -0.247. The lowest BCUT2D eigenvalue weighted by Gasteiger charge is -2.26. The molecule has 0 fully saturated rings. The van der Waals surface area contributed by atoms with Crippen molar-refractivity contribution in [2.24, 2.45) is 0 Å². The molecule has 0 saturated carbocycles. The molecule has 0 aliphatic heterocycles. The Balaban J connectivity index is 1.36. The number of aryl methyl sites for hydroxylation is 1. The van der Waals surface area contributed by atoms with Crippen LogP contribution in [-0.2, 0) is 13.0 Å². The van der Waals surface area contributed by atoms with Gasteiger partial charge in [-0.1, -0.05) is 55.8 Å². The summed E-state index contributed by atoms with van der Waals surface area (Å²) >= 11 is 0. The SMILES string of the molecule is CCCCOc1nc(N)c2[nH]c(=O)n(CCCN(CCC(Cc3ccccc3)c3cnccn3)C(=O)c3ccccc3O)c2n1. The van der Waals surface area contributed by atoms with Crippen LogP contribution in [0.4, 0.5) is 5.82 Å². The fourth-order valence-corrected chi connectivity index (χ4v) is 5.26. The Morgan fingerprint density at radius 2 is 1.87 bits per heavy atom. The molecule has 0 bridgehead atoms. The zero-order valence-electron chi connectivity index (χ0n) is 25.3. The van der Waals surface area contributed by atoms with Crippen molar-refractivity contribution in [3.63, 3.8) is 0 Å². The van der Waals surface area contributed by atoms with Gasteiger partial charge in [-0.2, -0.15) is 9.97 Å². The molecule has 3 aromatic heterocycles. The van der Waals surface area contributed by atoms with Crippen molar-refractivity contribution in [2.75, 3.05) is 25.4 Å². The number of H-pyrrole nitrogens is 1. The Morgan fingerprint density at radius 1 is 1.07 bits per heavy atom. The molecular formula is C33H38N8O4. The Morgan fingerprint density at radius 3 is 2.62 bits per heavy atom. The number of para-hydroxylation sites is 1. The minimum absolute atomic E-state index is 0.00260. The van der Waals surface area contributed by atoms with E-state index in [0.717, 1.165) is 30.5 Å². The number of hydrogen-bond acceptors (Lipinski definition) is 9. The van der Waals surface area contributed by atoms with Gasteiger partial charge in [0.05, 0.1) is 17.9 Å². The maximum atomic E-state index is 13.8. The van der Waals surface area contributed by atoms with E-state index in [4.69, 9.17) is 10.5 Å². The number of carbonyl (C=O) groups is 1. The van der Waals surface area contributed by atoms with E-state index >= 15 is 0 Å². The number of aromatic hydroxyl groups is 1. The van der Waals surface area contributed by atoms with Gasteiger partial charge in [0.2, 0.25) is 0 Å². The number of nitrogen functional groups attached to an aromatic ring is 1. The number of imidazole rings is 1. The summed E-state index contributed by atoms with van der Waals surface area (Å²) in [5.41, 5.74) is 8.65. The van der Waals surface area contributed by atoms with Gasteiger partial charge in [-0.15, -0.1) is 0 Å². The second kappa shape index (κ2) is 15.0. The predicted molar refractivity (Wildman–Crippen MR) is 171 cm³/mol. The summed E-state index contributed by atoms with van der Waals surface area (Å²) in [6.45, 7) is 3.49. The normalized spacial score (nSPS) is 11.8. The van der Waals surface area contributed by atoms with Gasteiger partial charge in [0.1, 0.15) is 11.3 Å². The van der Waals surface area contributed by atoms with Crippen molar-refractivity contribution in [3.8, 4) is 11.8 Å². The number of aromatic nitrogens is 6. The lowest BCUT2D eigenvalue weighted by Crippen LogP contribution is -2.35. The molecule has 4 N–H and O–H groups in total. The molecule has 0 saturated heterocycles. The van der Waals surface area contributed by atoms with E-state index in [1.165, 1.54) is 10.6 Å². The van der Waals surface area contributed by atoms with Crippen LogP contribution >= 0.6 is 0 Å². The third-order valence-corrected chi connectivity index (χ3v) is 7.66. The lowest BCUT2D eigenvalue weighted by atomic mass is 9.93. The van der Waals surface area contributed by atoms with Crippen LogP contribution in [0.1, 0.15) is 60.1 Å². The number of nitrogens with zero attached hydrogens (tertiary/aromatic N) is 6. The summed E-state index contributed by atoms with van der Waals surface area (Å²) < 4.78 is 7.14. The summed E-state index contributed by atoms with van der Waals surface area (Å²) in [6.07, 6.45) is 8.65. The molecule has 0 radical (unpaired) electrons. The first kappa shape index (κ1) is 31.2. The van der Waals surface area contributed by atoms with E-state index in [9.17, 15) is 14.7 Å². The average molecular weight is 611 g/mol. The number of phenolic OH excluding ortho intramolecular Hbond substituents is 1. The second-order valence-electron chi connectivity index (χ2n) is 10.8. The zero-order valence-corrected chi connectivity index (χ0v) is 25.3. The van der Waals surface area contributed by atoms with Crippen molar-refractivity contribution in [2.45, 2.75) is 51.5 Å². The molecule has 0 aliphatic rings. The van der Waals surface area contributed by atoms with Gasteiger partial charge >= 0.3 is 11.7 Å². The van der Waals surface area contributed by atoms with E-state index in [1.807, 2.05) is 18.2 Å². The number of carbonyl (C=O) groups excluding carboxylic acids is 1. The number of ether oxygens (including phenoxy) is 1. The summed E-state index contributed by atoms with van der Waals surface area (Å²) in [4.78, 5) is 48.6. The Hall–Kier alpha value is -5.26. The molecule has 12 heteroatoms. The van der Waals surface area contributed by atoms with E-state index in [0.29, 0.717) is 43.7 Å². The maximum Gasteiger partial charge on any atom is 0.327 e. The number of aromatic amines is 1. The zero-order chi connectivity index (χ0) is 31.6. The molecule has 1 amide bonds. The Labute approximate surface area is 261 Å². The number of phenols is 1. The van der Waals surface area contributed by atoms with Gasteiger partial charge in [0, 0.05) is 44.1 Å². The highest BCUT2D eigenvalue weighted by molar-refractivity contribution is 5.96. The van der Waals surface area contributed by atoms with E-state index in [-0.39, 0.29) is 47.2 Å². The molecule has 0 spiro atoms. The van der Waals surface area contributed by atoms with Crippen molar-refractivity contribution in [1.82, 2.24) is 34.4 Å². The largest absolute Gasteiger partial charge is 0.507 e. The summed E-state index contributed by atoms with van der Waals surface area (Å²) in [5, 5.41) is 10.5. The number of anilines is 1. The minimum Gasteiger partial charge on any atom is -0.507 e. The van der Waals surface area contributed by atoms with Gasteiger partial charge in [-0.3, -0.25) is 19.3 Å². The third kappa shape index (κ3) is 7.83. The van der Waals surface area contributed by atoms with Gasteiger partial charge in [0.25, 0.3) is 5.91 Å². The number of amides is 1. The van der Waals surface area contributed by atoms with E-state index < -0.39 is 0 Å². The first-order chi connectivity index (χ1) is 21.9. The third-order valence-electron chi connectivity index (χ3n) is 7.66. The van der Waals surface area contributed by atoms with Crippen LogP contribution in [0.2, 0.25) is 0 Å². The minimum atomic E-state index is -0.374. The molecule has 1 unspecified atom stereocenters. The topological polar surface area (TPSA) is 165 Å². The molecule has 5 rings (SSSR count). The molecule has 12 nitrogen and oxygen atoms in total. The van der Waals surface area contributed by atoms with Crippen LogP contribution in [0, 0.1) is 0 Å². The van der Waals surface area contributed by atoms with Gasteiger partial charge in [-0.05, 0) is 43.4 Å². The molecule has 45 heavy (non-hydrogen) atoms. The number of unbranched alkanes of at least 4 members (excludes halogenated alkanes) is 1. The van der Waals surface area contributed by atoms with E-state index in [2.05, 4.69) is 44.0 Å². The molecule has 3 heterocycles. The molecule has 5 aromatic rings. The highest BCUT2D eigenvalue weighted by atomic mass is 16.5. The van der Waals surface area contributed by atoms with Gasteiger partial charge in [-0.25, -0.2) is 4.79 Å². The molecule has 234 valence electrons. The van der Waals surface area contributed by atoms with Crippen molar-refractivity contribution in [1.29, 1.82) is 0 Å². The summed E-state index contributed by atoms with van der Waals surface area (Å²) in [6, 6.07) is 16.8. The molecule has 2 aromatic carbocycles. The van der Waals surface area contributed by atoms with Crippen molar-refractivity contribution >= 4 is 22.9 Å². The highest BCUT2D eigenvalue weighted by Gasteiger charge is 2.23. The smallest absolute Gasteiger partial charge is 0.327 e. The highest BCUT2D eigenvalue weighted by Crippen LogP contribution is 2.25. The van der Waals surface area contributed by atoms with Crippen LogP contribution in [0.5, 0.6) is 11.8 Å². The Bertz CT molecular complexity index is 1760. The van der Waals surface area contributed by atoms with Crippen LogP contribution in [0.25, 0.3) is 11.2 Å². The average Bonchev–Trinajstić information content (AvgIpc) is 3.38. The first-order valence-electron chi connectivity index (χ1n) is 15.2. The van der Waals surface area contributed by atoms with Crippen molar-refractivity contribution in [3.05, 3.63) is 100 Å². The second-order valence-corrected chi connectivity index (χ2v) is 10.8. The van der Waals surface area contributed by atoms with E-state index in [1.54, 1.807) is 41.7 Å². The fourth-order valence-electron chi connectivity index (χ4n) is 5.26. The predicted octanol–water partition coefficient (Wildman–Crippen LogP) is 4.33. The monoisotopic (exact) mass is 610 g/mol. The number of hydrogen-bond donors (Lipinski definition) is 3. The first-order valence-corrected chi connectivity index (χ1v) is 15.2. The summed E-state index contributed by atoms with van der Waals surface area (Å²) in [7, 11) is 0. The van der Waals surface area contributed by atoms with Crippen LogP contribution in [0.3, 0.4) is 0 Å². The number of fused-ring (bicyclic) bond motifs is 1. The molecule has 0 aliphatic carbocycles. The Kier molecular flexibility index (Phi) is 10.4. The fraction of sp³-hybridized carbons (Fsp3) is 0.333. The van der Waals surface area contributed by atoms with Crippen LogP contribution in [0.15, 0.2) is 78.0 Å². The molecular weight excluding hydrogens is 572 g/mol. The number of benzene rings is 2. The number of nitrogens with one attached hydrogen (secondary N) is 1.